The average molecular weight is 320 g/mol. The Bertz CT molecular complexity index is 517. The number of nitrogens with zero attached hydrogens (tertiary/aromatic N) is 2. The minimum absolute atomic E-state index is 0.0485. The van der Waals surface area contributed by atoms with Crippen LogP contribution in [0.2, 0.25) is 0 Å². The van der Waals surface area contributed by atoms with Gasteiger partial charge in [0.1, 0.15) is 0 Å². The van der Waals surface area contributed by atoms with E-state index in [0.29, 0.717) is 6.61 Å². The molecular weight excluding hydrogens is 292 g/mol. The summed E-state index contributed by atoms with van der Waals surface area (Å²) in [7, 11) is 0. The van der Waals surface area contributed by atoms with Gasteiger partial charge in [0, 0.05) is 24.4 Å². The summed E-state index contributed by atoms with van der Waals surface area (Å²) in [4.78, 5) is 14.9. The molecule has 0 aliphatic carbocycles. The Morgan fingerprint density at radius 3 is 2.83 bits per heavy atom. The van der Waals surface area contributed by atoms with Crippen molar-refractivity contribution in [3.8, 4) is 0 Å². The summed E-state index contributed by atoms with van der Waals surface area (Å²) >= 11 is 0. The van der Waals surface area contributed by atoms with Gasteiger partial charge in [-0.1, -0.05) is 12.8 Å². The van der Waals surface area contributed by atoms with Gasteiger partial charge < -0.3 is 15.0 Å². The number of rotatable bonds is 2. The molecule has 2 N–H and O–H groups in total. The molecule has 2 aliphatic heterocycles. The van der Waals surface area contributed by atoms with Gasteiger partial charge in [0.2, 0.25) is 0 Å². The van der Waals surface area contributed by atoms with Crippen LogP contribution < -0.4 is 5.32 Å². The number of ether oxygens (including phenoxy) is 1. The smallest absolute Gasteiger partial charge is 0.318 e. The van der Waals surface area contributed by atoms with E-state index in [2.05, 4.69) is 15.5 Å². The molecule has 0 unspecified atom stereocenters. The lowest BCUT2D eigenvalue weighted by Gasteiger charge is -2.33. The minimum atomic E-state index is 0.0485. The molecule has 2 aliphatic rings. The molecule has 2 amide bonds. The summed E-state index contributed by atoms with van der Waals surface area (Å²) < 4.78 is 5.48. The van der Waals surface area contributed by atoms with Gasteiger partial charge in [-0.25, -0.2) is 4.79 Å². The molecular formula is C17H28N4O2. The van der Waals surface area contributed by atoms with Crippen molar-refractivity contribution in [2.45, 2.75) is 64.5 Å². The van der Waals surface area contributed by atoms with Crippen molar-refractivity contribution >= 4 is 6.03 Å². The monoisotopic (exact) mass is 320 g/mol. The van der Waals surface area contributed by atoms with Crippen LogP contribution in [0.1, 0.15) is 61.5 Å². The number of amides is 2. The summed E-state index contributed by atoms with van der Waals surface area (Å²) in [5, 5.41) is 10.6. The van der Waals surface area contributed by atoms with Gasteiger partial charge in [0.15, 0.2) is 0 Å². The number of carbonyl (C=O) groups excluding carboxylic acids is 1. The Morgan fingerprint density at radius 2 is 2.13 bits per heavy atom. The molecule has 2 fully saturated rings. The first kappa shape index (κ1) is 16.3. The molecule has 128 valence electrons. The Hall–Kier alpha value is -1.56. The molecule has 3 rings (SSSR count). The Morgan fingerprint density at radius 1 is 1.26 bits per heavy atom. The standard InChI is InChI=1S/C17H28N4O2/c1-12-16(13(2)20-19-12)15-8-4-3-5-9-21(15)17(22)18-14-7-6-10-23-11-14/h14-15H,3-11H2,1-2H3,(H,18,22)(H,19,20)/t14-,15+/m1/s1. The molecule has 23 heavy (non-hydrogen) atoms. The van der Waals surface area contributed by atoms with Crippen molar-refractivity contribution < 1.29 is 9.53 Å². The SMILES string of the molecule is Cc1n[nH]c(C)c1[C@@H]1CCCCCN1C(=O)N[C@@H]1CCCOC1. The maximum atomic E-state index is 12.9. The third-order valence-electron chi connectivity index (χ3n) is 5.02. The first-order valence-electron chi connectivity index (χ1n) is 8.83. The van der Waals surface area contributed by atoms with Gasteiger partial charge >= 0.3 is 6.03 Å². The number of aromatic nitrogens is 2. The number of aryl methyl sites for hydroxylation is 2. The second-order valence-corrected chi connectivity index (χ2v) is 6.77. The number of aromatic amines is 1. The average Bonchev–Trinajstić information content (AvgIpc) is 2.76. The Balaban J connectivity index is 1.77. The van der Waals surface area contributed by atoms with Crippen LogP contribution in [-0.4, -0.2) is 46.9 Å². The molecule has 0 spiro atoms. The largest absolute Gasteiger partial charge is 0.379 e. The van der Waals surface area contributed by atoms with E-state index in [-0.39, 0.29) is 18.1 Å². The Kier molecular flexibility index (Phi) is 5.20. The fraction of sp³-hybridized carbons (Fsp3) is 0.765. The number of nitrogens with one attached hydrogen (secondary N) is 2. The van der Waals surface area contributed by atoms with Crippen LogP contribution >= 0.6 is 0 Å². The first-order valence-corrected chi connectivity index (χ1v) is 8.83. The highest BCUT2D eigenvalue weighted by Gasteiger charge is 2.31. The number of likely N-dealkylation sites (tertiary alicyclic amines) is 1. The molecule has 6 nitrogen and oxygen atoms in total. The van der Waals surface area contributed by atoms with Crippen molar-refractivity contribution in [1.29, 1.82) is 0 Å². The molecule has 1 aromatic heterocycles. The fourth-order valence-corrected chi connectivity index (χ4v) is 3.81. The topological polar surface area (TPSA) is 70.2 Å². The molecule has 1 aromatic rings. The van der Waals surface area contributed by atoms with E-state index >= 15 is 0 Å². The van der Waals surface area contributed by atoms with Gasteiger partial charge in [-0.15, -0.1) is 0 Å². The lowest BCUT2D eigenvalue weighted by molar-refractivity contribution is 0.0693. The highest BCUT2D eigenvalue weighted by Crippen LogP contribution is 2.33. The number of urea groups is 1. The van der Waals surface area contributed by atoms with Gasteiger partial charge in [0.05, 0.1) is 24.4 Å². The van der Waals surface area contributed by atoms with Crippen LogP contribution in [0.4, 0.5) is 4.79 Å². The number of hydrogen-bond acceptors (Lipinski definition) is 3. The molecule has 2 atom stereocenters. The summed E-state index contributed by atoms with van der Waals surface area (Å²) in [6, 6.07) is 0.319. The predicted molar refractivity (Wildman–Crippen MR) is 88.3 cm³/mol. The predicted octanol–water partition coefficient (Wildman–Crippen LogP) is 2.83. The van der Waals surface area contributed by atoms with Gasteiger partial charge in [-0.3, -0.25) is 5.10 Å². The van der Waals surface area contributed by atoms with Gasteiger partial charge in [0.25, 0.3) is 0 Å². The molecule has 0 aromatic carbocycles. The molecule has 6 heteroatoms. The van der Waals surface area contributed by atoms with Crippen molar-refractivity contribution in [3.63, 3.8) is 0 Å². The zero-order valence-corrected chi connectivity index (χ0v) is 14.2. The lowest BCUT2D eigenvalue weighted by Crippen LogP contribution is -2.49. The van der Waals surface area contributed by atoms with Gasteiger partial charge in [-0.2, -0.15) is 5.10 Å². The fourth-order valence-electron chi connectivity index (χ4n) is 3.81. The highest BCUT2D eigenvalue weighted by molar-refractivity contribution is 5.75. The zero-order chi connectivity index (χ0) is 16.2. The normalized spacial score (nSPS) is 25.9. The summed E-state index contributed by atoms with van der Waals surface area (Å²) in [5.74, 6) is 0. The summed E-state index contributed by atoms with van der Waals surface area (Å²) in [6.07, 6.45) is 6.45. The number of H-pyrrole nitrogens is 1. The van der Waals surface area contributed by atoms with E-state index < -0.39 is 0 Å². The highest BCUT2D eigenvalue weighted by atomic mass is 16.5. The molecule has 3 heterocycles. The second kappa shape index (κ2) is 7.34. The molecule has 0 bridgehead atoms. The van der Waals surface area contributed by atoms with E-state index in [9.17, 15) is 4.79 Å². The van der Waals surface area contributed by atoms with E-state index in [0.717, 1.165) is 56.6 Å². The molecule has 0 saturated carbocycles. The second-order valence-electron chi connectivity index (χ2n) is 6.77. The van der Waals surface area contributed by atoms with Crippen LogP contribution in [0.5, 0.6) is 0 Å². The lowest BCUT2D eigenvalue weighted by atomic mass is 9.99. The maximum absolute atomic E-state index is 12.9. The van der Waals surface area contributed by atoms with Crippen LogP contribution in [-0.2, 0) is 4.74 Å². The van der Waals surface area contributed by atoms with Crippen LogP contribution in [0.3, 0.4) is 0 Å². The van der Waals surface area contributed by atoms with Crippen molar-refractivity contribution in [2.24, 2.45) is 0 Å². The maximum Gasteiger partial charge on any atom is 0.318 e. The minimum Gasteiger partial charge on any atom is -0.379 e. The van der Waals surface area contributed by atoms with Crippen molar-refractivity contribution in [2.75, 3.05) is 19.8 Å². The third kappa shape index (κ3) is 3.68. The van der Waals surface area contributed by atoms with E-state index in [1.807, 2.05) is 18.7 Å². The Labute approximate surface area is 138 Å². The van der Waals surface area contributed by atoms with Crippen molar-refractivity contribution in [3.05, 3.63) is 17.0 Å². The third-order valence-corrected chi connectivity index (χ3v) is 5.02. The van der Waals surface area contributed by atoms with E-state index in [1.54, 1.807) is 0 Å². The van der Waals surface area contributed by atoms with E-state index in [1.165, 1.54) is 12.0 Å². The molecule has 0 radical (unpaired) electrons. The summed E-state index contributed by atoms with van der Waals surface area (Å²) in [6.45, 7) is 6.33. The zero-order valence-electron chi connectivity index (χ0n) is 14.2. The first-order chi connectivity index (χ1) is 11.2. The number of hydrogen-bond donors (Lipinski definition) is 2. The van der Waals surface area contributed by atoms with Crippen LogP contribution in [0.15, 0.2) is 0 Å². The quantitative estimate of drug-likeness (QED) is 0.880. The molecule has 2 saturated heterocycles. The van der Waals surface area contributed by atoms with Crippen LogP contribution in [0, 0.1) is 13.8 Å². The van der Waals surface area contributed by atoms with E-state index in [4.69, 9.17) is 4.74 Å². The van der Waals surface area contributed by atoms with Crippen LogP contribution in [0.25, 0.3) is 0 Å². The van der Waals surface area contributed by atoms with Gasteiger partial charge in [-0.05, 0) is 39.5 Å². The summed E-state index contributed by atoms with van der Waals surface area (Å²) in [5.41, 5.74) is 3.28. The van der Waals surface area contributed by atoms with Crippen molar-refractivity contribution in [1.82, 2.24) is 20.4 Å². The number of carbonyl (C=O) groups is 1.